The minimum Gasteiger partial charge on any atom is -0.326 e. The van der Waals surface area contributed by atoms with Crippen LogP contribution >= 0.6 is 0 Å². The molecule has 1 aromatic carbocycles. The molecule has 3 rings (SSSR count). The molecule has 1 aliphatic heterocycles. The number of anilines is 2. The van der Waals surface area contributed by atoms with E-state index in [2.05, 4.69) is 15.0 Å². The van der Waals surface area contributed by atoms with E-state index in [-0.39, 0.29) is 17.2 Å². The van der Waals surface area contributed by atoms with Crippen LogP contribution in [0.3, 0.4) is 0 Å². The highest BCUT2D eigenvalue weighted by atomic mass is 32.2. The fourth-order valence-corrected chi connectivity index (χ4v) is 3.28. The summed E-state index contributed by atoms with van der Waals surface area (Å²) in [5.74, 6) is -0.129. The van der Waals surface area contributed by atoms with E-state index in [4.69, 9.17) is 0 Å². The number of nitrogens with one attached hydrogen (secondary N) is 2. The number of aryl methyl sites for hydroxylation is 1. The Balaban J connectivity index is 1.92. The quantitative estimate of drug-likeness (QED) is 0.903. The summed E-state index contributed by atoms with van der Waals surface area (Å²) in [4.78, 5) is 15.4. The van der Waals surface area contributed by atoms with Crippen LogP contribution in [0.25, 0.3) is 0 Å². The molecule has 0 aliphatic carbocycles. The average Bonchev–Trinajstić information content (AvgIpc) is 2.77. The molecule has 1 aromatic heterocycles. The Hall–Kier alpha value is -2.41. The normalized spacial score (nSPS) is 13.7. The monoisotopic (exact) mass is 303 g/mol. The molecular weight excluding hydrogens is 290 g/mol. The second-order valence-electron chi connectivity index (χ2n) is 4.90. The van der Waals surface area contributed by atoms with Crippen LogP contribution in [0, 0.1) is 6.92 Å². The first-order chi connectivity index (χ1) is 9.94. The van der Waals surface area contributed by atoms with Crippen molar-refractivity contribution in [3.05, 3.63) is 47.8 Å². The molecule has 2 N–H and O–H groups in total. The average molecular weight is 303 g/mol. The Morgan fingerprint density at radius 3 is 2.81 bits per heavy atom. The van der Waals surface area contributed by atoms with Crippen LogP contribution in [0.1, 0.15) is 11.1 Å². The second kappa shape index (κ2) is 4.85. The summed E-state index contributed by atoms with van der Waals surface area (Å²) in [7, 11) is -3.70. The van der Waals surface area contributed by atoms with Crippen molar-refractivity contribution in [1.29, 1.82) is 0 Å². The summed E-state index contributed by atoms with van der Waals surface area (Å²) in [6.07, 6.45) is 3.29. The Morgan fingerprint density at radius 1 is 1.24 bits per heavy atom. The first-order valence-corrected chi connectivity index (χ1v) is 7.80. The summed E-state index contributed by atoms with van der Waals surface area (Å²) in [5, 5.41) is 2.67. The molecule has 21 heavy (non-hydrogen) atoms. The molecule has 1 aliphatic rings. The van der Waals surface area contributed by atoms with E-state index in [1.54, 1.807) is 18.3 Å². The Morgan fingerprint density at radius 2 is 2.05 bits per heavy atom. The van der Waals surface area contributed by atoms with E-state index in [0.29, 0.717) is 16.9 Å². The molecule has 0 spiro atoms. The van der Waals surface area contributed by atoms with Crippen molar-refractivity contribution in [3.63, 3.8) is 0 Å². The van der Waals surface area contributed by atoms with Crippen LogP contribution in [0.15, 0.2) is 41.6 Å². The second-order valence-corrected chi connectivity index (χ2v) is 6.58. The third-order valence-corrected chi connectivity index (χ3v) is 4.52. The van der Waals surface area contributed by atoms with Gasteiger partial charge in [-0.1, -0.05) is 0 Å². The van der Waals surface area contributed by atoms with Crippen molar-refractivity contribution in [1.82, 2.24) is 4.98 Å². The lowest BCUT2D eigenvalue weighted by atomic mass is 10.2. The summed E-state index contributed by atoms with van der Waals surface area (Å²) in [5.41, 5.74) is 2.62. The molecule has 108 valence electrons. The van der Waals surface area contributed by atoms with Crippen LogP contribution in [0.5, 0.6) is 0 Å². The van der Waals surface area contributed by atoms with E-state index in [1.807, 2.05) is 6.92 Å². The Kier molecular flexibility index (Phi) is 3.13. The molecule has 0 unspecified atom stereocenters. The van der Waals surface area contributed by atoms with Crippen molar-refractivity contribution in [2.24, 2.45) is 0 Å². The number of rotatable bonds is 3. The molecule has 1 amide bonds. The Labute approximate surface area is 122 Å². The number of hydrogen-bond acceptors (Lipinski definition) is 4. The van der Waals surface area contributed by atoms with Crippen LogP contribution < -0.4 is 10.0 Å². The van der Waals surface area contributed by atoms with Crippen LogP contribution in [-0.4, -0.2) is 19.3 Å². The maximum Gasteiger partial charge on any atom is 0.261 e. The molecule has 0 atom stereocenters. The minimum absolute atomic E-state index is 0.124. The van der Waals surface area contributed by atoms with E-state index in [9.17, 15) is 13.2 Å². The van der Waals surface area contributed by atoms with Gasteiger partial charge < -0.3 is 5.32 Å². The number of carbonyl (C=O) groups is 1. The zero-order valence-electron chi connectivity index (χ0n) is 11.3. The van der Waals surface area contributed by atoms with Gasteiger partial charge in [-0.2, -0.15) is 0 Å². The van der Waals surface area contributed by atoms with Crippen LogP contribution in [0.2, 0.25) is 0 Å². The third kappa shape index (κ3) is 2.73. The van der Waals surface area contributed by atoms with Gasteiger partial charge in [-0.05, 0) is 42.3 Å². The lowest BCUT2D eigenvalue weighted by Crippen LogP contribution is -2.13. The minimum atomic E-state index is -3.70. The highest BCUT2D eigenvalue weighted by Crippen LogP contribution is 2.26. The molecule has 2 aromatic rings. The van der Waals surface area contributed by atoms with Gasteiger partial charge in [0.15, 0.2) is 0 Å². The van der Waals surface area contributed by atoms with E-state index in [0.717, 1.165) is 5.56 Å². The predicted octanol–water partition coefficient (Wildman–Crippen LogP) is 1.69. The molecule has 7 heteroatoms. The van der Waals surface area contributed by atoms with E-state index >= 15 is 0 Å². The van der Waals surface area contributed by atoms with Gasteiger partial charge in [-0.25, -0.2) is 8.42 Å². The molecule has 0 radical (unpaired) electrons. The van der Waals surface area contributed by atoms with Gasteiger partial charge in [0.2, 0.25) is 5.91 Å². The smallest absolute Gasteiger partial charge is 0.261 e. The van der Waals surface area contributed by atoms with Crippen molar-refractivity contribution in [2.75, 3.05) is 10.0 Å². The van der Waals surface area contributed by atoms with Gasteiger partial charge in [0, 0.05) is 11.9 Å². The third-order valence-electron chi connectivity index (χ3n) is 3.14. The SMILES string of the molecule is Cc1cncc(NS(=O)(=O)c2ccc3c(c2)CC(=O)N3)c1. The molecular formula is C14H13N3O3S. The van der Waals surface area contributed by atoms with Gasteiger partial charge in [0.1, 0.15) is 0 Å². The standard InChI is InChI=1S/C14H13N3O3S/c1-9-4-11(8-15-7-9)17-21(19,20)12-2-3-13-10(5-12)6-14(18)16-13/h2-5,7-8,17H,6H2,1H3,(H,16,18). The summed E-state index contributed by atoms with van der Waals surface area (Å²) in [6, 6.07) is 6.28. The molecule has 2 heterocycles. The first-order valence-electron chi connectivity index (χ1n) is 6.31. The zero-order chi connectivity index (χ0) is 15.0. The fraction of sp³-hybridized carbons (Fsp3) is 0.143. The molecule has 0 fully saturated rings. The van der Waals surface area contributed by atoms with Crippen LogP contribution in [0.4, 0.5) is 11.4 Å². The van der Waals surface area contributed by atoms with E-state index < -0.39 is 10.0 Å². The number of pyridine rings is 1. The Bertz CT molecular complexity index is 831. The molecule has 0 saturated heterocycles. The largest absolute Gasteiger partial charge is 0.326 e. The predicted molar refractivity (Wildman–Crippen MR) is 78.6 cm³/mol. The van der Waals surface area contributed by atoms with Gasteiger partial charge in [-0.3, -0.25) is 14.5 Å². The molecule has 0 saturated carbocycles. The summed E-state index contributed by atoms with van der Waals surface area (Å²) < 4.78 is 27.2. The van der Waals surface area contributed by atoms with Crippen molar-refractivity contribution in [3.8, 4) is 0 Å². The number of sulfonamides is 1. The number of benzene rings is 1. The fourth-order valence-electron chi connectivity index (χ4n) is 2.20. The molecule has 6 nitrogen and oxygen atoms in total. The lowest BCUT2D eigenvalue weighted by molar-refractivity contribution is -0.115. The highest BCUT2D eigenvalue weighted by molar-refractivity contribution is 7.92. The van der Waals surface area contributed by atoms with Crippen molar-refractivity contribution < 1.29 is 13.2 Å². The number of fused-ring (bicyclic) bond motifs is 1. The van der Waals surface area contributed by atoms with Crippen molar-refractivity contribution in [2.45, 2.75) is 18.2 Å². The van der Waals surface area contributed by atoms with Crippen LogP contribution in [-0.2, 0) is 21.2 Å². The summed E-state index contributed by atoms with van der Waals surface area (Å²) in [6.45, 7) is 1.83. The number of nitrogens with zero attached hydrogens (tertiary/aromatic N) is 1. The number of carbonyl (C=O) groups excluding carboxylic acids is 1. The van der Waals surface area contributed by atoms with Crippen molar-refractivity contribution >= 4 is 27.3 Å². The maximum atomic E-state index is 12.4. The van der Waals surface area contributed by atoms with Gasteiger partial charge in [0.25, 0.3) is 10.0 Å². The van der Waals surface area contributed by atoms with Gasteiger partial charge in [-0.15, -0.1) is 0 Å². The topological polar surface area (TPSA) is 88.2 Å². The zero-order valence-corrected chi connectivity index (χ0v) is 12.1. The number of amides is 1. The summed E-state index contributed by atoms with van der Waals surface area (Å²) >= 11 is 0. The van der Waals surface area contributed by atoms with Gasteiger partial charge >= 0.3 is 0 Å². The maximum absolute atomic E-state index is 12.4. The van der Waals surface area contributed by atoms with Gasteiger partial charge in [0.05, 0.1) is 23.2 Å². The number of aromatic nitrogens is 1. The number of hydrogen-bond donors (Lipinski definition) is 2. The lowest BCUT2D eigenvalue weighted by Gasteiger charge is -2.09. The first kappa shape index (κ1) is 13.6. The van der Waals surface area contributed by atoms with E-state index in [1.165, 1.54) is 18.3 Å². The highest BCUT2D eigenvalue weighted by Gasteiger charge is 2.21. The molecule has 0 bridgehead atoms.